The summed E-state index contributed by atoms with van der Waals surface area (Å²) in [5.41, 5.74) is 0.968. The van der Waals surface area contributed by atoms with E-state index in [1.165, 1.54) is 0 Å². The maximum absolute atomic E-state index is 13.3. The van der Waals surface area contributed by atoms with E-state index < -0.39 is 10.0 Å². The van der Waals surface area contributed by atoms with Gasteiger partial charge < -0.3 is 4.74 Å². The summed E-state index contributed by atoms with van der Waals surface area (Å²) in [4.78, 5) is 0.384. The minimum atomic E-state index is -3.52. The summed E-state index contributed by atoms with van der Waals surface area (Å²) >= 11 is 0. The molecule has 3 rings (SSSR count). The summed E-state index contributed by atoms with van der Waals surface area (Å²) in [6.45, 7) is 13.7. The predicted molar refractivity (Wildman–Crippen MR) is 97.0 cm³/mol. The molecule has 0 spiro atoms. The van der Waals surface area contributed by atoms with Crippen molar-refractivity contribution >= 4 is 10.0 Å². The van der Waals surface area contributed by atoms with Crippen LogP contribution in [0.3, 0.4) is 0 Å². The maximum atomic E-state index is 13.3. The first-order chi connectivity index (χ1) is 11.5. The second-order valence-electron chi connectivity index (χ2n) is 8.34. The molecule has 6 nitrogen and oxygen atoms in total. The van der Waals surface area contributed by atoms with E-state index in [4.69, 9.17) is 4.74 Å². The molecule has 0 saturated carbocycles. The number of nitrogens with zero attached hydrogens (tertiary/aromatic N) is 3. The minimum Gasteiger partial charge on any atom is -0.369 e. The first kappa shape index (κ1) is 18.9. The Bertz CT molecular complexity index is 769. The SMILES string of the molecule is CCn1nc(C)c(S(=O)(=O)N2CC[C@@]3(C)OC(C)(C)CC[C@H]3C2)c1C. The van der Waals surface area contributed by atoms with E-state index in [1.807, 2.05) is 13.8 Å². The van der Waals surface area contributed by atoms with Gasteiger partial charge in [-0.05, 0) is 60.8 Å². The van der Waals surface area contributed by atoms with Gasteiger partial charge in [0.15, 0.2) is 0 Å². The Labute approximate surface area is 151 Å². The molecule has 0 bridgehead atoms. The summed E-state index contributed by atoms with van der Waals surface area (Å²) in [6.07, 6.45) is 2.70. The van der Waals surface area contributed by atoms with Crippen molar-refractivity contribution in [1.29, 1.82) is 0 Å². The van der Waals surface area contributed by atoms with Crippen LogP contribution in [0.5, 0.6) is 0 Å². The minimum absolute atomic E-state index is 0.123. The molecule has 25 heavy (non-hydrogen) atoms. The van der Waals surface area contributed by atoms with Gasteiger partial charge in [-0.15, -0.1) is 0 Å². The molecule has 3 heterocycles. The lowest BCUT2D eigenvalue weighted by molar-refractivity contribution is -0.208. The first-order valence-corrected chi connectivity index (χ1v) is 10.7. The Hall–Kier alpha value is -0.920. The Morgan fingerprint density at radius 1 is 1.24 bits per heavy atom. The van der Waals surface area contributed by atoms with E-state index in [1.54, 1.807) is 15.9 Å². The molecular formula is C18H31N3O3S. The molecule has 2 saturated heterocycles. The van der Waals surface area contributed by atoms with Gasteiger partial charge in [0.1, 0.15) is 4.90 Å². The average Bonchev–Trinajstić information content (AvgIpc) is 2.79. The number of aromatic nitrogens is 2. The third-order valence-corrected chi connectivity index (χ3v) is 8.08. The van der Waals surface area contributed by atoms with Crippen LogP contribution in [0, 0.1) is 19.8 Å². The summed E-state index contributed by atoms with van der Waals surface area (Å²) < 4.78 is 36.4. The van der Waals surface area contributed by atoms with E-state index in [0.29, 0.717) is 30.2 Å². The van der Waals surface area contributed by atoms with Crippen LogP contribution >= 0.6 is 0 Å². The standard InChI is InChI=1S/C18H31N3O3S/c1-7-21-14(3)16(13(2)19-21)25(22,23)20-11-10-18(6)15(12-20)8-9-17(4,5)24-18/h15H,7-12H2,1-6H3/t15-,18+/m0/s1. The van der Waals surface area contributed by atoms with Crippen LogP contribution in [0.1, 0.15) is 58.3 Å². The third-order valence-electron chi connectivity index (χ3n) is 5.96. The number of hydrogen-bond donors (Lipinski definition) is 0. The highest BCUT2D eigenvalue weighted by atomic mass is 32.2. The molecule has 142 valence electrons. The van der Waals surface area contributed by atoms with Gasteiger partial charge in [-0.1, -0.05) is 0 Å². The lowest BCUT2D eigenvalue weighted by atomic mass is 9.75. The number of piperidine rings is 1. The normalized spacial score (nSPS) is 30.2. The van der Waals surface area contributed by atoms with E-state index in [9.17, 15) is 8.42 Å². The molecule has 2 aliphatic heterocycles. The van der Waals surface area contributed by atoms with Crippen molar-refractivity contribution in [1.82, 2.24) is 14.1 Å². The summed E-state index contributed by atoms with van der Waals surface area (Å²) in [5.74, 6) is 0.242. The molecule has 0 unspecified atom stereocenters. The molecule has 2 atom stereocenters. The lowest BCUT2D eigenvalue weighted by Gasteiger charge is -2.52. The highest BCUT2D eigenvalue weighted by Crippen LogP contribution is 2.45. The molecule has 1 aromatic rings. The van der Waals surface area contributed by atoms with Crippen LogP contribution in [0.25, 0.3) is 0 Å². The highest BCUT2D eigenvalue weighted by Gasteiger charge is 2.49. The fourth-order valence-electron chi connectivity index (χ4n) is 4.53. The third kappa shape index (κ3) is 3.15. The van der Waals surface area contributed by atoms with Gasteiger partial charge in [-0.2, -0.15) is 9.40 Å². The Morgan fingerprint density at radius 2 is 1.92 bits per heavy atom. The molecular weight excluding hydrogens is 338 g/mol. The second kappa shape index (κ2) is 6.06. The molecule has 7 heteroatoms. The number of hydrogen-bond acceptors (Lipinski definition) is 4. The second-order valence-corrected chi connectivity index (χ2v) is 10.2. The van der Waals surface area contributed by atoms with E-state index in [2.05, 4.69) is 25.9 Å². The lowest BCUT2D eigenvalue weighted by Crippen LogP contribution is -2.58. The Kier molecular flexibility index (Phi) is 4.57. The fourth-order valence-corrected chi connectivity index (χ4v) is 6.38. The van der Waals surface area contributed by atoms with Gasteiger partial charge in [-0.25, -0.2) is 8.42 Å². The number of sulfonamides is 1. The monoisotopic (exact) mass is 369 g/mol. The zero-order chi connectivity index (χ0) is 18.6. The fraction of sp³-hybridized carbons (Fsp3) is 0.833. The Morgan fingerprint density at radius 3 is 2.52 bits per heavy atom. The zero-order valence-corrected chi connectivity index (χ0v) is 17.1. The summed E-state index contributed by atoms with van der Waals surface area (Å²) in [6, 6.07) is 0. The van der Waals surface area contributed by atoms with Crippen LogP contribution in [-0.4, -0.2) is 46.8 Å². The van der Waals surface area contributed by atoms with E-state index >= 15 is 0 Å². The first-order valence-electron chi connectivity index (χ1n) is 9.24. The number of fused-ring (bicyclic) bond motifs is 1. The average molecular weight is 370 g/mol. The van der Waals surface area contributed by atoms with Crippen molar-refractivity contribution < 1.29 is 13.2 Å². The molecule has 0 radical (unpaired) electrons. The van der Waals surface area contributed by atoms with Crippen molar-refractivity contribution in [2.45, 2.75) is 83.4 Å². The predicted octanol–water partition coefficient (Wildman–Crippen LogP) is 2.88. The van der Waals surface area contributed by atoms with Crippen LogP contribution < -0.4 is 0 Å². The molecule has 1 aromatic heterocycles. The molecule has 2 aliphatic rings. The molecule has 0 N–H and O–H groups in total. The van der Waals surface area contributed by atoms with Gasteiger partial charge in [0.25, 0.3) is 0 Å². The van der Waals surface area contributed by atoms with Crippen molar-refractivity contribution in [3.63, 3.8) is 0 Å². The molecule has 0 amide bonds. The quantitative estimate of drug-likeness (QED) is 0.822. The number of ether oxygens (including phenoxy) is 1. The Balaban J connectivity index is 1.88. The smallest absolute Gasteiger partial charge is 0.246 e. The number of aryl methyl sites for hydroxylation is 2. The summed E-state index contributed by atoms with van der Waals surface area (Å²) in [7, 11) is -3.52. The van der Waals surface area contributed by atoms with Gasteiger partial charge in [0, 0.05) is 25.6 Å². The molecule has 2 fully saturated rings. The van der Waals surface area contributed by atoms with Gasteiger partial charge >= 0.3 is 0 Å². The van der Waals surface area contributed by atoms with Crippen LogP contribution in [-0.2, 0) is 21.3 Å². The van der Waals surface area contributed by atoms with E-state index in [0.717, 1.165) is 25.0 Å². The van der Waals surface area contributed by atoms with Crippen LogP contribution in [0.4, 0.5) is 0 Å². The molecule has 0 aromatic carbocycles. The largest absolute Gasteiger partial charge is 0.369 e. The highest BCUT2D eigenvalue weighted by molar-refractivity contribution is 7.89. The summed E-state index contributed by atoms with van der Waals surface area (Å²) in [5, 5.41) is 4.39. The van der Waals surface area contributed by atoms with Crippen molar-refractivity contribution in [3.8, 4) is 0 Å². The van der Waals surface area contributed by atoms with Crippen molar-refractivity contribution in [2.75, 3.05) is 13.1 Å². The maximum Gasteiger partial charge on any atom is 0.246 e. The van der Waals surface area contributed by atoms with Crippen LogP contribution in [0.15, 0.2) is 4.90 Å². The van der Waals surface area contributed by atoms with Crippen molar-refractivity contribution in [3.05, 3.63) is 11.4 Å². The van der Waals surface area contributed by atoms with Gasteiger partial charge in [-0.3, -0.25) is 4.68 Å². The van der Waals surface area contributed by atoms with E-state index in [-0.39, 0.29) is 17.1 Å². The van der Waals surface area contributed by atoms with Crippen molar-refractivity contribution in [2.24, 2.45) is 5.92 Å². The number of rotatable bonds is 3. The zero-order valence-electron chi connectivity index (χ0n) is 16.3. The van der Waals surface area contributed by atoms with Crippen LogP contribution in [0.2, 0.25) is 0 Å². The van der Waals surface area contributed by atoms with Gasteiger partial charge in [0.2, 0.25) is 10.0 Å². The topological polar surface area (TPSA) is 64.4 Å². The molecule has 0 aliphatic carbocycles. The van der Waals surface area contributed by atoms with Gasteiger partial charge in [0.05, 0.1) is 22.6 Å².